The number of benzene rings is 1. The van der Waals surface area contributed by atoms with Gasteiger partial charge in [-0.25, -0.2) is 4.39 Å². The molecule has 3 atom stereocenters. The summed E-state index contributed by atoms with van der Waals surface area (Å²) in [7, 11) is 0. The highest BCUT2D eigenvalue weighted by Crippen LogP contribution is 2.42. The molecule has 1 heterocycles. The van der Waals surface area contributed by atoms with Crippen LogP contribution in [0.1, 0.15) is 51.5 Å². The molecule has 0 radical (unpaired) electrons. The fourth-order valence-electron chi connectivity index (χ4n) is 3.67. The molecule has 1 saturated carbocycles. The maximum absolute atomic E-state index is 14.1. The van der Waals surface area contributed by atoms with Gasteiger partial charge in [-0.3, -0.25) is 9.59 Å². The Kier molecular flexibility index (Phi) is 6.58. The molecule has 2 fully saturated rings. The third kappa shape index (κ3) is 4.72. The van der Waals surface area contributed by atoms with Crippen LogP contribution in [0, 0.1) is 5.82 Å². The minimum absolute atomic E-state index is 0.0690. The Morgan fingerprint density at radius 1 is 1.37 bits per heavy atom. The van der Waals surface area contributed by atoms with Gasteiger partial charge in [0.05, 0.1) is 4.91 Å². The van der Waals surface area contributed by atoms with Gasteiger partial charge >= 0.3 is 0 Å². The number of halogens is 1. The monoisotopic (exact) mass is 390 g/mol. The Morgan fingerprint density at radius 2 is 2.11 bits per heavy atom. The standard InChI is InChI=1S/C21H27FN2O2S/c1-3-14(2)23-20(25)13-24-17-10-6-7-11-18(17)27-19(21(24)26)12-15-8-4-5-9-16(15)22/h4-5,8-9,12,14,17-18H,3,6-7,10-11,13H2,1-2H3,(H,23,25)/b19-12-. The van der Waals surface area contributed by atoms with E-state index in [0.717, 1.165) is 32.1 Å². The molecule has 4 nitrogen and oxygen atoms in total. The van der Waals surface area contributed by atoms with E-state index in [1.165, 1.54) is 6.07 Å². The molecular weight excluding hydrogens is 363 g/mol. The number of hydrogen-bond donors (Lipinski definition) is 1. The number of hydrogen-bond acceptors (Lipinski definition) is 3. The molecule has 0 bridgehead atoms. The normalized spacial score (nSPS) is 25.2. The van der Waals surface area contributed by atoms with E-state index < -0.39 is 0 Å². The predicted molar refractivity (Wildman–Crippen MR) is 108 cm³/mol. The van der Waals surface area contributed by atoms with Crippen molar-refractivity contribution in [2.45, 2.75) is 63.3 Å². The molecular formula is C21H27FN2O2S. The zero-order valence-electron chi connectivity index (χ0n) is 15.9. The minimum atomic E-state index is -0.342. The number of carbonyl (C=O) groups is 2. The summed E-state index contributed by atoms with van der Waals surface area (Å²) in [5.74, 6) is -0.630. The molecule has 3 unspecified atom stereocenters. The first-order valence-corrected chi connectivity index (χ1v) is 10.6. The van der Waals surface area contributed by atoms with Crippen LogP contribution >= 0.6 is 11.8 Å². The van der Waals surface area contributed by atoms with Crippen LogP contribution in [0.5, 0.6) is 0 Å². The van der Waals surface area contributed by atoms with E-state index in [9.17, 15) is 14.0 Å². The van der Waals surface area contributed by atoms with Gasteiger partial charge in [0.15, 0.2) is 0 Å². The van der Waals surface area contributed by atoms with Crippen molar-refractivity contribution >= 4 is 29.7 Å². The molecule has 1 aromatic carbocycles. The molecule has 1 aliphatic heterocycles. The molecule has 2 aliphatic rings. The highest BCUT2D eigenvalue weighted by molar-refractivity contribution is 8.04. The van der Waals surface area contributed by atoms with Crippen LogP contribution in [-0.2, 0) is 9.59 Å². The fourth-order valence-corrected chi connectivity index (χ4v) is 5.14. The lowest BCUT2D eigenvalue weighted by Gasteiger charge is -2.44. The van der Waals surface area contributed by atoms with E-state index in [1.54, 1.807) is 40.9 Å². The zero-order valence-corrected chi connectivity index (χ0v) is 16.7. The molecule has 1 saturated heterocycles. The summed E-state index contributed by atoms with van der Waals surface area (Å²) in [5.41, 5.74) is 0.409. The molecule has 1 aromatic rings. The first kappa shape index (κ1) is 19.9. The third-order valence-corrected chi connectivity index (χ3v) is 6.74. The van der Waals surface area contributed by atoms with Gasteiger partial charge < -0.3 is 10.2 Å². The fraction of sp³-hybridized carbons (Fsp3) is 0.524. The van der Waals surface area contributed by atoms with Crippen molar-refractivity contribution in [1.29, 1.82) is 0 Å². The largest absolute Gasteiger partial charge is 0.352 e. The second kappa shape index (κ2) is 8.91. The molecule has 3 rings (SSSR count). The number of nitrogens with zero attached hydrogens (tertiary/aromatic N) is 1. The maximum Gasteiger partial charge on any atom is 0.261 e. The van der Waals surface area contributed by atoms with Gasteiger partial charge in [-0.1, -0.05) is 38.0 Å². The molecule has 0 spiro atoms. The lowest BCUT2D eigenvalue weighted by molar-refractivity contribution is -0.135. The zero-order chi connectivity index (χ0) is 19.4. The lowest BCUT2D eigenvalue weighted by Crippen LogP contribution is -2.54. The average molecular weight is 391 g/mol. The molecule has 2 amide bonds. The van der Waals surface area contributed by atoms with Crippen LogP contribution in [-0.4, -0.2) is 40.6 Å². The van der Waals surface area contributed by atoms with Crippen molar-refractivity contribution < 1.29 is 14.0 Å². The predicted octanol–water partition coefficient (Wildman–Crippen LogP) is 3.97. The second-order valence-corrected chi connectivity index (χ2v) is 8.63. The quantitative estimate of drug-likeness (QED) is 0.774. The lowest BCUT2D eigenvalue weighted by atomic mass is 9.93. The highest BCUT2D eigenvalue weighted by atomic mass is 32.2. The molecule has 1 aliphatic carbocycles. The van der Waals surface area contributed by atoms with Gasteiger partial charge in [-0.2, -0.15) is 0 Å². The van der Waals surface area contributed by atoms with Crippen LogP contribution in [0.2, 0.25) is 0 Å². The Balaban J connectivity index is 1.84. The van der Waals surface area contributed by atoms with E-state index in [2.05, 4.69) is 5.32 Å². The summed E-state index contributed by atoms with van der Waals surface area (Å²) in [4.78, 5) is 27.8. The van der Waals surface area contributed by atoms with Gasteiger partial charge in [0.25, 0.3) is 5.91 Å². The van der Waals surface area contributed by atoms with E-state index in [0.29, 0.717) is 10.5 Å². The molecule has 146 valence electrons. The van der Waals surface area contributed by atoms with E-state index in [1.807, 2.05) is 13.8 Å². The van der Waals surface area contributed by atoms with Crippen molar-refractivity contribution in [2.24, 2.45) is 0 Å². The SMILES string of the molecule is CCC(C)NC(=O)CN1C(=O)/C(=C/c2ccccc2F)SC2CCCCC21. The Morgan fingerprint density at radius 3 is 2.85 bits per heavy atom. The number of amides is 2. The molecule has 27 heavy (non-hydrogen) atoms. The number of fused-ring (bicyclic) bond motifs is 1. The molecule has 1 N–H and O–H groups in total. The van der Waals surface area contributed by atoms with E-state index in [-0.39, 0.29) is 41.5 Å². The summed E-state index contributed by atoms with van der Waals surface area (Å²) >= 11 is 1.55. The van der Waals surface area contributed by atoms with Crippen LogP contribution in [0.3, 0.4) is 0 Å². The first-order chi connectivity index (χ1) is 13.0. The Hall–Kier alpha value is -1.82. The summed E-state index contributed by atoms with van der Waals surface area (Å²) in [6, 6.07) is 6.62. The second-order valence-electron chi connectivity index (χ2n) is 7.35. The topological polar surface area (TPSA) is 49.4 Å². The van der Waals surface area contributed by atoms with Crippen LogP contribution in [0.25, 0.3) is 6.08 Å². The smallest absolute Gasteiger partial charge is 0.261 e. The third-order valence-electron chi connectivity index (χ3n) is 5.34. The Bertz CT molecular complexity index is 737. The molecule has 6 heteroatoms. The highest BCUT2D eigenvalue weighted by Gasteiger charge is 2.41. The molecule has 0 aromatic heterocycles. The van der Waals surface area contributed by atoms with Crippen molar-refractivity contribution in [3.8, 4) is 0 Å². The van der Waals surface area contributed by atoms with Gasteiger partial charge in [-0.05, 0) is 38.3 Å². The number of rotatable bonds is 5. The van der Waals surface area contributed by atoms with Crippen molar-refractivity contribution in [1.82, 2.24) is 10.2 Å². The van der Waals surface area contributed by atoms with E-state index in [4.69, 9.17) is 0 Å². The van der Waals surface area contributed by atoms with Gasteiger partial charge in [0, 0.05) is 22.9 Å². The summed E-state index contributed by atoms with van der Waals surface area (Å²) in [6.45, 7) is 4.04. The van der Waals surface area contributed by atoms with Crippen LogP contribution in [0.4, 0.5) is 4.39 Å². The van der Waals surface area contributed by atoms with Crippen molar-refractivity contribution in [3.05, 3.63) is 40.6 Å². The summed E-state index contributed by atoms with van der Waals surface area (Å²) in [6.07, 6.45) is 6.62. The van der Waals surface area contributed by atoms with Crippen LogP contribution < -0.4 is 5.32 Å². The van der Waals surface area contributed by atoms with Crippen LogP contribution in [0.15, 0.2) is 29.2 Å². The van der Waals surface area contributed by atoms with Crippen molar-refractivity contribution in [2.75, 3.05) is 6.54 Å². The number of thioether (sulfide) groups is 1. The summed E-state index contributed by atoms with van der Waals surface area (Å²) < 4.78 is 14.1. The number of carbonyl (C=O) groups excluding carboxylic acids is 2. The van der Waals surface area contributed by atoms with Gasteiger partial charge in [0.2, 0.25) is 5.91 Å². The van der Waals surface area contributed by atoms with Gasteiger partial charge in [0.1, 0.15) is 12.4 Å². The van der Waals surface area contributed by atoms with Gasteiger partial charge in [-0.15, -0.1) is 11.8 Å². The average Bonchev–Trinajstić information content (AvgIpc) is 2.66. The summed E-state index contributed by atoms with van der Waals surface area (Å²) in [5, 5.41) is 3.22. The maximum atomic E-state index is 14.1. The van der Waals surface area contributed by atoms with E-state index >= 15 is 0 Å². The minimum Gasteiger partial charge on any atom is -0.352 e. The van der Waals surface area contributed by atoms with Crippen molar-refractivity contribution in [3.63, 3.8) is 0 Å². The Labute approximate surface area is 164 Å². The number of nitrogens with one attached hydrogen (secondary N) is 1. The first-order valence-electron chi connectivity index (χ1n) is 9.72.